The molecule has 1 fully saturated rings. The Morgan fingerprint density at radius 3 is 2.88 bits per heavy atom. The lowest BCUT2D eigenvalue weighted by Crippen LogP contribution is -2.39. The maximum atomic E-state index is 14.0. The topological polar surface area (TPSA) is 30.9 Å². The van der Waals surface area contributed by atoms with E-state index in [1.165, 1.54) is 0 Å². The molecule has 4 rings (SSSR count). The average Bonchev–Trinajstić information content (AvgIpc) is 3.18. The fraction of sp³-hybridized carbons (Fsp3) is 0.400. The Morgan fingerprint density at radius 1 is 1.24 bits per heavy atom. The number of rotatable bonds is 4. The molecule has 2 aliphatic heterocycles. The van der Waals surface area contributed by atoms with Crippen LogP contribution >= 0.6 is 0 Å². The summed E-state index contributed by atoms with van der Waals surface area (Å²) in [6.45, 7) is 1.93. The smallest absolute Gasteiger partial charge is 0.231 e. The van der Waals surface area contributed by atoms with Crippen LogP contribution in [0.4, 0.5) is 4.39 Å². The van der Waals surface area contributed by atoms with Crippen LogP contribution in [0.25, 0.3) is 0 Å². The number of ether oxygens (including phenoxy) is 3. The van der Waals surface area contributed by atoms with Crippen molar-refractivity contribution in [2.45, 2.75) is 12.3 Å². The summed E-state index contributed by atoms with van der Waals surface area (Å²) in [7, 11) is 1.99. The highest BCUT2D eigenvalue weighted by Crippen LogP contribution is 2.37. The van der Waals surface area contributed by atoms with Gasteiger partial charge >= 0.3 is 0 Å². The van der Waals surface area contributed by atoms with E-state index in [0.717, 1.165) is 6.54 Å². The number of fused-ring (bicyclic) bond motifs is 1. The summed E-state index contributed by atoms with van der Waals surface area (Å²) >= 11 is 0. The highest BCUT2D eigenvalue weighted by atomic mass is 19.1. The van der Waals surface area contributed by atoms with Gasteiger partial charge in [-0.15, -0.1) is 0 Å². The van der Waals surface area contributed by atoms with Crippen molar-refractivity contribution in [1.29, 1.82) is 0 Å². The van der Waals surface area contributed by atoms with Crippen molar-refractivity contribution in [2.75, 3.05) is 33.5 Å². The molecule has 0 saturated carbocycles. The summed E-state index contributed by atoms with van der Waals surface area (Å²) < 4.78 is 62.7. The quantitative estimate of drug-likeness (QED) is 0.844. The van der Waals surface area contributed by atoms with E-state index < -0.39 is 17.9 Å². The molecule has 132 valence electrons. The monoisotopic (exact) mass is 347 g/mol. The number of nitrogens with zero attached hydrogens (tertiary/aromatic N) is 1. The molecule has 0 aliphatic carbocycles. The molecule has 0 amide bonds. The van der Waals surface area contributed by atoms with Crippen molar-refractivity contribution in [1.82, 2.24) is 4.90 Å². The summed E-state index contributed by atoms with van der Waals surface area (Å²) in [5.74, 6) is 0.482. The highest BCUT2D eigenvalue weighted by molar-refractivity contribution is 5.46. The molecular weight excluding hydrogens is 321 g/mol. The summed E-state index contributed by atoms with van der Waals surface area (Å²) in [6.07, 6.45) is 0.647. The molecule has 1 saturated heterocycles. The molecule has 1 unspecified atom stereocenters. The first-order valence-corrected chi connectivity index (χ1v) is 8.33. The van der Waals surface area contributed by atoms with E-state index in [0.29, 0.717) is 36.8 Å². The first kappa shape index (κ1) is 12.1. The summed E-state index contributed by atoms with van der Waals surface area (Å²) in [6, 6.07) is 3.51. The standard InChI is InChI=1S/C20H22FNO3/c1-22-9-8-18(14-2-4-16(21)5-3-14)15(11-22)12-23-17-6-7-19-20(10-17)25-13-24-19/h2-7,10,15,18H,8-9,11-13H2,1H3/t15-,18?/m0/s1/i2D,3D,4D,5D. The van der Waals surface area contributed by atoms with Gasteiger partial charge in [0.15, 0.2) is 11.5 Å². The van der Waals surface area contributed by atoms with Gasteiger partial charge in [0.25, 0.3) is 0 Å². The van der Waals surface area contributed by atoms with E-state index in [2.05, 4.69) is 4.90 Å². The van der Waals surface area contributed by atoms with Crippen LogP contribution in [0.3, 0.4) is 0 Å². The van der Waals surface area contributed by atoms with Crippen LogP contribution in [0.15, 0.2) is 42.4 Å². The Kier molecular flexibility index (Phi) is 3.36. The number of likely N-dealkylation sites (tertiary alicyclic amines) is 1. The minimum absolute atomic E-state index is 0.0726. The molecule has 0 N–H and O–H groups in total. The minimum Gasteiger partial charge on any atom is -0.493 e. The van der Waals surface area contributed by atoms with Crippen LogP contribution in [0, 0.1) is 11.7 Å². The third-order valence-corrected chi connectivity index (χ3v) is 4.73. The molecule has 2 atom stereocenters. The minimum atomic E-state index is -1.11. The second-order valence-electron chi connectivity index (χ2n) is 6.47. The molecular formula is C20H22FNO3. The molecule has 0 bridgehead atoms. The molecule has 5 heteroatoms. The number of hydrogen-bond donors (Lipinski definition) is 0. The van der Waals surface area contributed by atoms with Crippen molar-refractivity contribution < 1.29 is 24.1 Å². The van der Waals surface area contributed by atoms with Crippen LogP contribution in [-0.4, -0.2) is 38.4 Å². The van der Waals surface area contributed by atoms with E-state index in [1.807, 2.05) is 7.05 Å². The summed E-state index contributed by atoms with van der Waals surface area (Å²) in [5.41, 5.74) is 0.272. The lowest BCUT2D eigenvalue weighted by Gasteiger charge is -2.37. The van der Waals surface area contributed by atoms with Crippen LogP contribution in [0.1, 0.15) is 23.4 Å². The Morgan fingerprint density at radius 2 is 2.04 bits per heavy atom. The third-order valence-electron chi connectivity index (χ3n) is 4.73. The zero-order valence-electron chi connectivity index (χ0n) is 18.0. The average molecular weight is 347 g/mol. The fourth-order valence-corrected chi connectivity index (χ4v) is 3.43. The first-order chi connectivity index (χ1) is 13.9. The van der Waals surface area contributed by atoms with Gasteiger partial charge in [0, 0.05) is 18.5 Å². The van der Waals surface area contributed by atoms with Gasteiger partial charge in [0.1, 0.15) is 11.6 Å². The Balaban J connectivity index is 1.60. The largest absolute Gasteiger partial charge is 0.493 e. The van der Waals surface area contributed by atoms with Crippen LogP contribution < -0.4 is 14.2 Å². The molecule has 2 heterocycles. The maximum absolute atomic E-state index is 14.0. The maximum Gasteiger partial charge on any atom is 0.231 e. The predicted octanol–water partition coefficient (Wildman–Crippen LogP) is 3.67. The molecule has 2 aromatic carbocycles. The van der Waals surface area contributed by atoms with Gasteiger partial charge in [-0.3, -0.25) is 0 Å². The van der Waals surface area contributed by atoms with E-state index in [4.69, 9.17) is 19.7 Å². The van der Waals surface area contributed by atoms with Crippen molar-refractivity contribution in [3.05, 3.63) is 53.7 Å². The van der Waals surface area contributed by atoms with Gasteiger partial charge in [-0.05, 0) is 55.7 Å². The Bertz CT molecular complexity index is 913. The molecule has 25 heavy (non-hydrogen) atoms. The molecule has 4 nitrogen and oxygen atoms in total. The highest BCUT2D eigenvalue weighted by Gasteiger charge is 2.29. The van der Waals surface area contributed by atoms with Crippen LogP contribution in [0.2, 0.25) is 0 Å². The van der Waals surface area contributed by atoms with Crippen molar-refractivity contribution in [3.63, 3.8) is 0 Å². The molecule has 2 aliphatic rings. The van der Waals surface area contributed by atoms with Crippen molar-refractivity contribution >= 4 is 0 Å². The number of hydrogen-bond acceptors (Lipinski definition) is 4. The van der Waals surface area contributed by atoms with Crippen molar-refractivity contribution in [3.8, 4) is 17.2 Å². The van der Waals surface area contributed by atoms with Gasteiger partial charge < -0.3 is 19.1 Å². The Hall–Kier alpha value is -2.27. The van der Waals surface area contributed by atoms with Gasteiger partial charge in [0.2, 0.25) is 6.79 Å². The van der Waals surface area contributed by atoms with E-state index >= 15 is 0 Å². The van der Waals surface area contributed by atoms with E-state index in [9.17, 15) is 4.39 Å². The predicted molar refractivity (Wildman–Crippen MR) is 92.8 cm³/mol. The van der Waals surface area contributed by atoms with E-state index in [-0.39, 0.29) is 36.3 Å². The van der Waals surface area contributed by atoms with E-state index in [1.54, 1.807) is 18.2 Å². The van der Waals surface area contributed by atoms with Crippen LogP contribution in [0.5, 0.6) is 17.2 Å². The SMILES string of the molecule is [2H]c1c([2H])c(C2CCN(C)C[C@H]2COc2ccc3c(c2)OCO3)c([2H])c([2H])c1F. The fourth-order valence-electron chi connectivity index (χ4n) is 3.43. The Labute approximate surface area is 152 Å². The molecule has 0 radical (unpaired) electrons. The second-order valence-corrected chi connectivity index (χ2v) is 6.47. The summed E-state index contributed by atoms with van der Waals surface area (Å²) in [5, 5.41) is 0. The summed E-state index contributed by atoms with van der Waals surface area (Å²) in [4.78, 5) is 2.14. The zero-order valence-corrected chi connectivity index (χ0v) is 14.0. The van der Waals surface area contributed by atoms with Gasteiger partial charge in [-0.25, -0.2) is 4.39 Å². The molecule has 2 aromatic rings. The first-order valence-electron chi connectivity index (χ1n) is 10.3. The van der Waals surface area contributed by atoms with Gasteiger partial charge in [-0.1, -0.05) is 12.1 Å². The van der Waals surface area contributed by atoms with Crippen LogP contribution in [-0.2, 0) is 0 Å². The second kappa shape index (κ2) is 6.92. The third kappa shape index (κ3) is 3.56. The zero-order chi connectivity index (χ0) is 20.7. The molecule has 0 spiro atoms. The number of piperidine rings is 1. The number of halogens is 1. The van der Waals surface area contributed by atoms with Gasteiger partial charge in [-0.2, -0.15) is 0 Å². The number of benzene rings is 2. The lowest BCUT2D eigenvalue weighted by atomic mass is 9.81. The lowest BCUT2D eigenvalue weighted by molar-refractivity contribution is 0.129. The van der Waals surface area contributed by atoms with Gasteiger partial charge in [0.05, 0.1) is 12.1 Å². The van der Waals surface area contributed by atoms with Crippen molar-refractivity contribution in [2.24, 2.45) is 5.92 Å². The molecule has 0 aromatic heterocycles. The normalized spacial score (nSPS) is 25.0.